The number of thioether (sulfide) groups is 1. The molecule has 0 atom stereocenters. The molecule has 5 nitrogen and oxygen atoms in total. The molecule has 0 aliphatic carbocycles. The standard InChI is InChI=1S/C19H27N3O2S/c1-14-8-6-9-15(2)19(14)22(11-7-10-20(3)4)16(23)12-18-21(5)17(24)13-25-18/h6,8-9,12H,7,10-11,13H2,1-5H3. The number of rotatable bonds is 6. The van der Waals surface area contributed by atoms with Gasteiger partial charge in [-0.25, -0.2) is 0 Å². The van der Waals surface area contributed by atoms with Crippen LogP contribution in [0.25, 0.3) is 0 Å². The van der Waals surface area contributed by atoms with Crippen molar-refractivity contribution in [3.63, 3.8) is 0 Å². The second kappa shape index (κ2) is 8.54. The Hall–Kier alpha value is -1.79. The third kappa shape index (κ3) is 4.86. The zero-order chi connectivity index (χ0) is 18.6. The van der Waals surface area contributed by atoms with Crippen molar-refractivity contribution in [1.82, 2.24) is 9.80 Å². The van der Waals surface area contributed by atoms with Crippen LogP contribution in [0.1, 0.15) is 17.5 Å². The first-order valence-electron chi connectivity index (χ1n) is 8.44. The van der Waals surface area contributed by atoms with E-state index < -0.39 is 0 Å². The van der Waals surface area contributed by atoms with Crippen LogP contribution in [0.3, 0.4) is 0 Å². The predicted molar refractivity (Wildman–Crippen MR) is 105 cm³/mol. The van der Waals surface area contributed by atoms with Crippen molar-refractivity contribution < 1.29 is 9.59 Å². The lowest BCUT2D eigenvalue weighted by Gasteiger charge is -2.26. The van der Waals surface area contributed by atoms with Gasteiger partial charge in [-0.05, 0) is 52.0 Å². The number of carbonyl (C=O) groups is 2. The van der Waals surface area contributed by atoms with Gasteiger partial charge < -0.3 is 14.7 Å². The van der Waals surface area contributed by atoms with Crippen LogP contribution in [0.2, 0.25) is 0 Å². The van der Waals surface area contributed by atoms with E-state index in [0.717, 1.165) is 34.8 Å². The quantitative estimate of drug-likeness (QED) is 0.731. The zero-order valence-corrected chi connectivity index (χ0v) is 16.5. The van der Waals surface area contributed by atoms with E-state index in [4.69, 9.17) is 0 Å². The Balaban J connectivity index is 2.29. The number of hydrogen-bond donors (Lipinski definition) is 0. The van der Waals surface area contributed by atoms with Crippen molar-refractivity contribution in [2.45, 2.75) is 20.3 Å². The molecule has 1 heterocycles. The normalized spacial score (nSPS) is 16.2. The Morgan fingerprint density at radius 2 is 1.88 bits per heavy atom. The number of nitrogens with zero attached hydrogens (tertiary/aromatic N) is 3. The lowest BCUT2D eigenvalue weighted by atomic mass is 10.1. The Bertz CT molecular complexity index is 665. The van der Waals surface area contributed by atoms with E-state index in [-0.39, 0.29) is 11.8 Å². The van der Waals surface area contributed by atoms with Gasteiger partial charge in [-0.1, -0.05) is 30.0 Å². The predicted octanol–water partition coefficient (Wildman–Crippen LogP) is 2.63. The summed E-state index contributed by atoms with van der Waals surface area (Å²) < 4.78 is 0. The molecular formula is C19H27N3O2S. The topological polar surface area (TPSA) is 43.9 Å². The average Bonchev–Trinajstić information content (AvgIpc) is 2.84. The molecule has 25 heavy (non-hydrogen) atoms. The van der Waals surface area contributed by atoms with Crippen LogP contribution in [-0.2, 0) is 9.59 Å². The number of hydrogen-bond acceptors (Lipinski definition) is 4. The zero-order valence-electron chi connectivity index (χ0n) is 15.7. The summed E-state index contributed by atoms with van der Waals surface area (Å²) in [5.74, 6) is 0.370. The minimum atomic E-state index is -0.0693. The molecule has 1 fully saturated rings. The SMILES string of the molecule is Cc1cccc(C)c1N(CCCN(C)C)C(=O)C=C1SCC(=O)N1C. The van der Waals surface area contributed by atoms with E-state index in [1.54, 1.807) is 18.0 Å². The molecule has 0 bridgehead atoms. The number of amides is 2. The first-order chi connectivity index (χ1) is 11.8. The maximum absolute atomic E-state index is 13.0. The molecule has 1 aromatic carbocycles. The number of anilines is 1. The highest BCUT2D eigenvalue weighted by atomic mass is 32.2. The monoisotopic (exact) mass is 361 g/mol. The summed E-state index contributed by atoms with van der Waals surface area (Å²) in [5, 5.41) is 0.721. The van der Waals surface area contributed by atoms with E-state index in [0.29, 0.717) is 12.3 Å². The summed E-state index contributed by atoms with van der Waals surface area (Å²) >= 11 is 1.42. The minimum absolute atomic E-state index is 0.0373. The van der Waals surface area contributed by atoms with Crippen LogP contribution in [0.5, 0.6) is 0 Å². The molecule has 0 unspecified atom stereocenters. The Morgan fingerprint density at radius 3 is 2.40 bits per heavy atom. The van der Waals surface area contributed by atoms with Gasteiger partial charge in [0.15, 0.2) is 0 Å². The fourth-order valence-electron chi connectivity index (χ4n) is 2.88. The molecule has 2 amide bonds. The fraction of sp³-hybridized carbons (Fsp3) is 0.474. The van der Waals surface area contributed by atoms with Gasteiger partial charge in [0.2, 0.25) is 5.91 Å². The van der Waals surface area contributed by atoms with E-state index in [1.807, 2.05) is 51.0 Å². The summed E-state index contributed by atoms with van der Waals surface area (Å²) in [4.78, 5) is 30.2. The average molecular weight is 362 g/mol. The molecule has 0 aromatic heterocycles. The molecule has 0 N–H and O–H groups in total. The molecule has 0 spiro atoms. The van der Waals surface area contributed by atoms with Gasteiger partial charge in [0.05, 0.1) is 10.8 Å². The molecular weight excluding hydrogens is 334 g/mol. The summed E-state index contributed by atoms with van der Waals surface area (Å²) in [6, 6.07) is 6.07. The number of aryl methyl sites for hydroxylation is 2. The van der Waals surface area contributed by atoms with Gasteiger partial charge in [0.1, 0.15) is 0 Å². The highest BCUT2D eigenvalue weighted by molar-refractivity contribution is 8.04. The first-order valence-corrected chi connectivity index (χ1v) is 9.43. The maximum atomic E-state index is 13.0. The second-order valence-corrected chi connectivity index (χ2v) is 7.61. The van der Waals surface area contributed by atoms with Crippen LogP contribution < -0.4 is 4.90 Å². The van der Waals surface area contributed by atoms with Crippen molar-refractivity contribution in [3.05, 3.63) is 40.4 Å². The van der Waals surface area contributed by atoms with E-state index in [2.05, 4.69) is 4.90 Å². The second-order valence-electron chi connectivity index (χ2n) is 6.61. The van der Waals surface area contributed by atoms with Crippen molar-refractivity contribution in [2.75, 3.05) is 44.9 Å². The van der Waals surface area contributed by atoms with Crippen molar-refractivity contribution >= 4 is 29.3 Å². The molecule has 1 saturated heterocycles. The highest BCUT2D eigenvalue weighted by Gasteiger charge is 2.25. The van der Waals surface area contributed by atoms with Crippen LogP contribution in [0.15, 0.2) is 29.3 Å². The lowest BCUT2D eigenvalue weighted by Crippen LogP contribution is -2.34. The van der Waals surface area contributed by atoms with Crippen molar-refractivity contribution in [3.8, 4) is 0 Å². The molecule has 1 aliphatic rings. The van der Waals surface area contributed by atoms with Crippen LogP contribution >= 0.6 is 11.8 Å². The lowest BCUT2D eigenvalue weighted by molar-refractivity contribution is -0.124. The molecule has 6 heteroatoms. The summed E-state index contributed by atoms with van der Waals surface area (Å²) in [7, 11) is 5.78. The minimum Gasteiger partial charge on any atom is -0.309 e. The highest BCUT2D eigenvalue weighted by Crippen LogP contribution is 2.29. The largest absolute Gasteiger partial charge is 0.309 e. The van der Waals surface area contributed by atoms with E-state index in [9.17, 15) is 9.59 Å². The summed E-state index contributed by atoms with van der Waals surface area (Å²) in [6.07, 6.45) is 2.48. The molecule has 2 rings (SSSR count). The first kappa shape index (κ1) is 19.5. The van der Waals surface area contributed by atoms with Crippen LogP contribution in [0, 0.1) is 13.8 Å². The smallest absolute Gasteiger partial charge is 0.253 e. The van der Waals surface area contributed by atoms with E-state index >= 15 is 0 Å². The third-order valence-corrected chi connectivity index (χ3v) is 5.34. The fourth-order valence-corrected chi connectivity index (χ4v) is 3.83. The molecule has 0 radical (unpaired) electrons. The summed E-state index contributed by atoms with van der Waals surface area (Å²) in [6.45, 7) is 5.62. The third-order valence-electron chi connectivity index (χ3n) is 4.26. The Kier molecular flexibility index (Phi) is 6.67. The van der Waals surface area contributed by atoms with Gasteiger partial charge in [0, 0.05) is 25.4 Å². The van der Waals surface area contributed by atoms with Gasteiger partial charge in [-0.2, -0.15) is 0 Å². The van der Waals surface area contributed by atoms with Crippen LogP contribution in [0.4, 0.5) is 5.69 Å². The molecule has 1 aromatic rings. The number of para-hydroxylation sites is 1. The Labute approximate surface area is 154 Å². The van der Waals surface area contributed by atoms with Gasteiger partial charge in [0.25, 0.3) is 5.91 Å². The number of benzene rings is 1. The van der Waals surface area contributed by atoms with Gasteiger partial charge >= 0.3 is 0 Å². The molecule has 136 valence electrons. The van der Waals surface area contributed by atoms with E-state index in [1.165, 1.54) is 11.8 Å². The molecule has 0 saturated carbocycles. The van der Waals surface area contributed by atoms with Gasteiger partial charge in [-0.3, -0.25) is 9.59 Å². The maximum Gasteiger partial charge on any atom is 0.253 e. The van der Waals surface area contributed by atoms with Crippen molar-refractivity contribution in [1.29, 1.82) is 0 Å². The summed E-state index contributed by atoms with van der Waals surface area (Å²) in [5.41, 5.74) is 3.14. The van der Waals surface area contributed by atoms with Gasteiger partial charge in [-0.15, -0.1) is 0 Å². The van der Waals surface area contributed by atoms with Crippen LogP contribution in [-0.4, -0.2) is 61.6 Å². The van der Waals surface area contributed by atoms with Crippen molar-refractivity contribution in [2.24, 2.45) is 0 Å². The molecule has 1 aliphatic heterocycles. The Morgan fingerprint density at radius 1 is 1.24 bits per heavy atom. The number of carbonyl (C=O) groups excluding carboxylic acids is 2.